The SMILES string of the molecule is CC(C#N)=C1c2ccc(Cn3c(C(C)(C)C)nc4ccccc43)cc2COc2ccccc21. The molecule has 4 aromatic rings. The van der Waals surface area contributed by atoms with Gasteiger partial charge >= 0.3 is 0 Å². The van der Waals surface area contributed by atoms with Crippen LogP contribution in [0.5, 0.6) is 5.75 Å². The second kappa shape index (κ2) is 7.94. The zero-order chi connectivity index (χ0) is 23.2. The standard InChI is InChI=1S/C29H27N3O/c1-19(16-30)27-22-14-13-20(15-21(22)18-33-26-12-8-5-9-23(26)27)17-32-25-11-7-6-10-24(25)31-28(32)29(2,3)4/h5-15H,17-18H2,1-4H3. The van der Waals surface area contributed by atoms with E-state index in [1.807, 2.05) is 37.3 Å². The molecule has 0 radical (unpaired) electrons. The molecular formula is C29H27N3O. The fraction of sp³-hybridized carbons (Fsp3) is 0.241. The van der Waals surface area contributed by atoms with Gasteiger partial charge in [-0.05, 0) is 47.9 Å². The zero-order valence-corrected chi connectivity index (χ0v) is 19.5. The normalized spacial score (nSPS) is 14.6. The summed E-state index contributed by atoms with van der Waals surface area (Å²) in [6, 6.07) is 25.1. The molecule has 4 nitrogen and oxygen atoms in total. The quantitative estimate of drug-likeness (QED) is 0.334. The van der Waals surface area contributed by atoms with Crippen LogP contribution in [-0.2, 0) is 18.6 Å². The molecular weight excluding hydrogens is 406 g/mol. The van der Waals surface area contributed by atoms with E-state index in [1.165, 1.54) is 5.56 Å². The van der Waals surface area contributed by atoms with Gasteiger partial charge in [-0.2, -0.15) is 5.26 Å². The van der Waals surface area contributed by atoms with E-state index in [0.717, 1.165) is 51.4 Å². The molecule has 5 rings (SSSR count). The number of hydrogen-bond acceptors (Lipinski definition) is 3. The second-order valence-electron chi connectivity index (χ2n) is 9.65. The van der Waals surface area contributed by atoms with E-state index in [4.69, 9.17) is 9.72 Å². The molecule has 0 unspecified atom stereocenters. The van der Waals surface area contributed by atoms with E-state index in [2.05, 4.69) is 67.8 Å². The first kappa shape index (κ1) is 21.0. The molecule has 1 aliphatic heterocycles. The second-order valence-corrected chi connectivity index (χ2v) is 9.65. The van der Waals surface area contributed by atoms with Gasteiger partial charge in [-0.3, -0.25) is 0 Å². The van der Waals surface area contributed by atoms with Gasteiger partial charge in [0.05, 0.1) is 17.1 Å². The molecule has 0 aliphatic carbocycles. The molecule has 0 saturated carbocycles. The highest BCUT2D eigenvalue weighted by atomic mass is 16.5. The van der Waals surface area contributed by atoms with Crippen molar-refractivity contribution in [1.29, 1.82) is 5.26 Å². The highest BCUT2D eigenvalue weighted by molar-refractivity contribution is 5.88. The first-order valence-electron chi connectivity index (χ1n) is 11.3. The Balaban J connectivity index is 1.62. The minimum absolute atomic E-state index is 0.0741. The number of para-hydroxylation sites is 3. The predicted molar refractivity (Wildman–Crippen MR) is 132 cm³/mol. The van der Waals surface area contributed by atoms with Crippen molar-refractivity contribution in [2.24, 2.45) is 0 Å². The summed E-state index contributed by atoms with van der Waals surface area (Å²) in [5, 5.41) is 9.70. The topological polar surface area (TPSA) is 50.8 Å². The van der Waals surface area contributed by atoms with E-state index < -0.39 is 0 Å². The molecule has 33 heavy (non-hydrogen) atoms. The van der Waals surface area contributed by atoms with Crippen molar-refractivity contribution >= 4 is 16.6 Å². The van der Waals surface area contributed by atoms with Crippen molar-refractivity contribution in [1.82, 2.24) is 9.55 Å². The Kier molecular flexibility index (Phi) is 5.06. The Morgan fingerprint density at radius 3 is 2.58 bits per heavy atom. The summed E-state index contributed by atoms with van der Waals surface area (Å²) < 4.78 is 8.50. The number of aromatic nitrogens is 2. The Morgan fingerprint density at radius 1 is 1.03 bits per heavy atom. The molecule has 2 heterocycles. The number of hydrogen-bond donors (Lipinski definition) is 0. The highest BCUT2D eigenvalue weighted by Crippen LogP contribution is 2.39. The first-order valence-corrected chi connectivity index (χ1v) is 11.3. The Morgan fingerprint density at radius 2 is 1.79 bits per heavy atom. The van der Waals surface area contributed by atoms with Gasteiger partial charge in [-0.1, -0.05) is 63.2 Å². The lowest BCUT2D eigenvalue weighted by Crippen LogP contribution is -2.19. The molecule has 0 bridgehead atoms. The zero-order valence-electron chi connectivity index (χ0n) is 19.5. The number of nitrogens with zero attached hydrogens (tertiary/aromatic N) is 3. The number of rotatable bonds is 2. The van der Waals surface area contributed by atoms with Crippen molar-refractivity contribution in [2.75, 3.05) is 0 Å². The lowest BCUT2D eigenvalue weighted by Gasteiger charge is -2.21. The fourth-order valence-electron chi connectivity index (χ4n) is 4.66. The van der Waals surface area contributed by atoms with Crippen LogP contribution in [0, 0.1) is 11.3 Å². The van der Waals surface area contributed by atoms with Gasteiger partial charge in [-0.25, -0.2) is 4.98 Å². The number of allylic oxidation sites excluding steroid dienone is 1. The average Bonchev–Trinajstić information content (AvgIpc) is 3.09. The maximum absolute atomic E-state index is 9.70. The molecule has 1 aliphatic rings. The van der Waals surface area contributed by atoms with Crippen LogP contribution in [0.1, 0.15) is 55.8 Å². The van der Waals surface area contributed by atoms with E-state index in [-0.39, 0.29) is 5.41 Å². The molecule has 164 valence electrons. The molecule has 0 saturated heterocycles. The van der Waals surface area contributed by atoms with Crippen molar-refractivity contribution in [2.45, 2.75) is 46.3 Å². The van der Waals surface area contributed by atoms with Crippen LogP contribution in [0.4, 0.5) is 0 Å². The summed E-state index contributed by atoms with van der Waals surface area (Å²) in [6.45, 7) is 9.68. The molecule has 0 spiro atoms. The van der Waals surface area contributed by atoms with E-state index in [1.54, 1.807) is 0 Å². The van der Waals surface area contributed by atoms with Crippen molar-refractivity contribution in [3.05, 3.63) is 100 Å². The minimum Gasteiger partial charge on any atom is -0.488 e. The smallest absolute Gasteiger partial charge is 0.127 e. The van der Waals surface area contributed by atoms with Crippen LogP contribution in [0.3, 0.4) is 0 Å². The van der Waals surface area contributed by atoms with E-state index >= 15 is 0 Å². The van der Waals surface area contributed by atoms with Crippen LogP contribution in [0.2, 0.25) is 0 Å². The average molecular weight is 434 g/mol. The molecule has 0 fully saturated rings. The van der Waals surface area contributed by atoms with Crippen molar-refractivity contribution < 1.29 is 4.74 Å². The first-order chi connectivity index (χ1) is 15.9. The largest absolute Gasteiger partial charge is 0.488 e. The minimum atomic E-state index is -0.0741. The van der Waals surface area contributed by atoms with Crippen LogP contribution in [0.25, 0.3) is 16.6 Å². The predicted octanol–water partition coefficient (Wildman–Crippen LogP) is 6.62. The van der Waals surface area contributed by atoms with Gasteiger partial charge in [0.25, 0.3) is 0 Å². The molecule has 4 heteroatoms. The Labute approximate surface area is 194 Å². The van der Waals surface area contributed by atoms with E-state index in [0.29, 0.717) is 12.2 Å². The summed E-state index contributed by atoms with van der Waals surface area (Å²) in [5.41, 5.74) is 8.05. The number of imidazole rings is 1. The lowest BCUT2D eigenvalue weighted by molar-refractivity contribution is 0.307. The van der Waals surface area contributed by atoms with Crippen molar-refractivity contribution in [3.63, 3.8) is 0 Å². The van der Waals surface area contributed by atoms with Gasteiger partial charge in [0.15, 0.2) is 0 Å². The van der Waals surface area contributed by atoms with Gasteiger partial charge in [0.1, 0.15) is 18.2 Å². The Bertz CT molecular complexity index is 1440. The number of nitriles is 1. The molecule has 1 aromatic heterocycles. The maximum Gasteiger partial charge on any atom is 0.127 e. The van der Waals surface area contributed by atoms with Crippen LogP contribution in [0.15, 0.2) is 72.3 Å². The van der Waals surface area contributed by atoms with Crippen molar-refractivity contribution in [3.8, 4) is 11.8 Å². The van der Waals surface area contributed by atoms with Crippen LogP contribution < -0.4 is 4.74 Å². The van der Waals surface area contributed by atoms with E-state index in [9.17, 15) is 5.26 Å². The summed E-state index contributed by atoms with van der Waals surface area (Å²) >= 11 is 0. The molecule has 0 amide bonds. The summed E-state index contributed by atoms with van der Waals surface area (Å²) in [4.78, 5) is 4.95. The third-order valence-corrected chi connectivity index (χ3v) is 6.19. The molecule has 0 atom stereocenters. The highest BCUT2D eigenvalue weighted by Gasteiger charge is 2.24. The van der Waals surface area contributed by atoms with Gasteiger partial charge in [0, 0.05) is 28.7 Å². The monoisotopic (exact) mass is 433 g/mol. The number of fused-ring (bicyclic) bond motifs is 3. The maximum atomic E-state index is 9.70. The molecule has 0 N–H and O–H groups in total. The third kappa shape index (κ3) is 3.70. The van der Waals surface area contributed by atoms with Crippen LogP contribution in [-0.4, -0.2) is 9.55 Å². The van der Waals surface area contributed by atoms with Crippen LogP contribution >= 0.6 is 0 Å². The third-order valence-electron chi connectivity index (χ3n) is 6.19. The van der Waals surface area contributed by atoms with Gasteiger partial charge in [-0.15, -0.1) is 0 Å². The number of ether oxygens (including phenoxy) is 1. The fourth-order valence-corrected chi connectivity index (χ4v) is 4.66. The van der Waals surface area contributed by atoms with Gasteiger partial charge in [0.2, 0.25) is 0 Å². The summed E-state index contributed by atoms with van der Waals surface area (Å²) in [5.74, 6) is 1.89. The Hall–Kier alpha value is -3.84. The lowest BCUT2D eigenvalue weighted by atomic mass is 9.90. The summed E-state index contributed by atoms with van der Waals surface area (Å²) in [6.07, 6.45) is 0. The summed E-state index contributed by atoms with van der Waals surface area (Å²) in [7, 11) is 0. The number of benzene rings is 3. The molecule has 3 aromatic carbocycles. The van der Waals surface area contributed by atoms with Gasteiger partial charge < -0.3 is 9.30 Å².